The molecule has 0 saturated carbocycles. The fourth-order valence-corrected chi connectivity index (χ4v) is 3.77. The summed E-state index contributed by atoms with van der Waals surface area (Å²) in [6.45, 7) is 0.514. The number of alkyl halides is 3. The van der Waals surface area contributed by atoms with Crippen LogP contribution in [0.3, 0.4) is 0 Å². The summed E-state index contributed by atoms with van der Waals surface area (Å²) in [5, 5.41) is 9.66. The van der Waals surface area contributed by atoms with Crippen LogP contribution < -0.4 is 4.90 Å². The lowest BCUT2D eigenvalue weighted by Gasteiger charge is -2.19. The number of benzene rings is 2. The topological polar surface area (TPSA) is 23.5 Å². The molecule has 0 spiro atoms. The molecule has 0 fully saturated rings. The minimum atomic E-state index is -4.34. The molecule has 0 saturated heterocycles. The SMILES string of the molecule is CN(Cc1cc(-c2ccc(C(F)(F)F)cc2)sc1CO)c1ccccc1. The fraction of sp³-hybridized carbons (Fsp3) is 0.200. The van der Waals surface area contributed by atoms with E-state index in [9.17, 15) is 18.3 Å². The molecule has 1 aromatic heterocycles. The lowest BCUT2D eigenvalue weighted by Crippen LogP contribution is -2.16. The van der Waals surface area contributed by atoms with E-state index < -0.39 is 11.7 Å². The number of rotatable bonds is 5. The second-order valence-electron chi connectivity index (χ2n) is 5.98. The van der Waals surface area contributed by atoms with E-state index >= 15 is 0 Å². The van der Waals surface area contributed by atoms with Crippen LogP contribution in [0.4, 0.5) is 18.9 Å². The summed E-state index contributed by atoms with van der Waals surface area (Å²) in [5.41, 5.74) is 2.08. The predicted molar refractivity (Wildman–Crippen MR) is 99.2 cm³/mol. The van der Waals surface area contributed by atoms with Gasteiger partial charge in [-0.25, -0.2) is 0 Å². The number of halogens is 3. The number of para-hydroxylation sites is 1. The molecule has 3 aromatic rings. The Morgan fingerprint density at radius 3 is 2.23 bits per heavy atom. The van der Waals surface area contributed by atoms with Gasteiger partial charge in [-0.15, -0.1) is 11.3 Å². The van der Waals surface area contributed by atoms with Crippen molar-refractivity contribution in [1.82, 2.24) is 0 Å². The minimum absolute atomic E-state index is 0.0940. The highest BCUT2D eigenvalue weighted by atomic mass is 32.1. The molecule has 0 aliphatic rings. The maximum Gasteiger partial charge on any atom is 0.416 e. The van der Waals surface area contributed by atoms with Gasteiger partial charge >= 0.3 is 6.18 Å². The van der Waals surface area contributed by atoms with Gasteiger partial charge in [-0.05, 0) is 41.5 Å². The van der Waals surface area contributed by atoms with Crippen LogP contribution in [0.5, 0.6) is 0 Å². The van der Waals surface area contributed by atoms with Crippen LogP contribution in [0.25, 0.3) is 10.4 Å². The molecule has 0 unspecified atom stereocenters. The molecule has 26 heavy (non-hydrogen) atoms. The van der Waals surface area contributed by atoms with Crippen molar-refractivity contribution in [2.45, 2.75) is 19.3 Å². The van der Waals surface area contributed by atoms with Crippen LogP contribution >= 0.6 is 11.3 Å². The number of aliphatic hydroxyl groups excluding tert-OH is 1. The highest BCUT2D eigenvalue weighted by Gasteiger charge is 2.30. The number of hydrogen-bond donors (Lipinski definition) is 1. The second-order valence-corrected chi connectivity index (χ2v) is 7.12. The van der Waals surface area contributed by atoms with Gasteiger partial charge in [-0.2, -0.15) is 13.2 Å². The lowest BCUT2D eigenvalue weighted by molar-refractivity contribution is -0.137. The largest absolute Gasteiger partial charge is 0.416 e. The minimum Gasteiger partial charge on any atom is -0.391 e. The second kappa shape index (κ2) is 7.51. The van der Waals surface area contributed by atoms with Crippen molar-refractivity contribution in [2.75, 3.05) is 11.9 Å². The third-order valence-electron chi connectivity index (χ3n) is 4.14. The molecular formula is C20H18F3NOS. The summed E-state index contributed by atoms with van der Waals surface area (Å²) in [5.74, 6) is 0. The van der Waals surface area contributed by atoms with Crippen molar-refractivity contribution in [3.8, 4) is 10.4 Å². The van der Waals surface area contributed by atoms with Gasteiger partial charge in [-0.3, -0.25) is 0 Å². The molecule has 0 atom stereocenters. The molecule has 0 aliphatic carbocycles. The predicted octanol–water partition coefficient (Wildman–Crippen LogP) is 5.56. The fourth-order valence-electron chi connectivity index (χ4n) is 2.73. The molecule has 2 nitrogen and oxygen atoms in total. The zero-order chi connectivity index (χ0) is 18.7. The van der Waals surface area contributed by atoms with Crippen LogP contribution in [-0.2, 0) is 19.3 Å². The summed E-state index contributed by atoms with van der Waals surface area (Å²) in [6.07, 6.45) is -4.34. The molecule has 1 heterocycles. The molecule has 1 N–H and O–H groups in total. The van der Waals surface area contributed by atoms with E-state index in [-0.39, 0.29) is 6.61 Å². The molecule has 6 heteroatoms. The first-order valence-electron chi connectivity index (χ1n) is 8.04. The van der Waals surface area contributed by atoms with Crippen molar-refractivity contribution in [3.05, 3.63) is 76.7 Å². The molecular weight excluding hydrogens is 359 g/mol. The molecule has 3 rings (SSSR count). The maximum atomic E-state index is 12.7. The Morgan fingerprint density at radius 2 is 1.65 bits per heavy atom. The number of anilines is 1. The Balaban J connectivity index is 1.85. The number of aliphatic hydroxyl groups is 1. The van der Waals surface area contributed by atoms with Crippen molar-refractivity contribution >= 4 is 17.0 Å². The summed E-state index contributed by atoms with van der Waals surface area (Å²) in [7, 11) is 1.96. The molecule has 136 valence electrons. The first kappa shape index (κ1) is 18.5. The Labute approximate surface area is 154 Å². The van der Waals surface area contributed by atoms with E-state index in [2.05, 4.69) is 4.90 Å². The van der Waals surface area contributed by atoms with Gasteiger partial charge in [-0.1, -0.05) is 30.3 Å². The van der Waals surface area contributed by atoms with Crippen LogP contribution in [-0.4, -0.2) is 12.2 Å². The quantitative estimate of drug-likeness (QED) is 0.629. The molecule has 0 aliphatic heterocycles. The Kier molecular flexibility index (Phi) is 5.34. The van der Waals surface area contributed by atoms with Crippen molar-refractivity contribution in [1.29, 1.82) is 0 Å². The van der Waals surface area contributed by atoms with Gasteiger partial charge in [0.15, 0.2) is 0 Å². The van der Waals surface area contributed by atoms with E-state index in [1.807, 2.05) is 43.4 Å². The normalized spacial score (nSPS) is 11.6. The van der Waals surface area contributed by atoms with Crippen LogP contribution in [0.15, 0.2) is 60.7 Å². The van der Waals surface area contributed by atoms with Crippen molar-refractivity contribution < 1.29 is 18.3 Å². The van der Waals surface area contributed by atoms with E-state index in [0.29, 0.717) is 12.1 Å². The average Bonchev–Trinajstić information content (AvgIpc) is 3.04. The third kappa shape index (κ3) is 4.08. The van der Waals surface area contributed by atoms with E-state index in [0.717, 1.165) is 33.1 Å². The van der Waals surface area contributed by atoms with Gasteiger partial charge in [0.25, 0.3) is 0 Å². The summed E-state index contributed by atoms with van der Waals surface area (Å²) in [6, 6.07) is 16.9. The Bertz CT molecular complexity index is 857. The van der Waals surface area contributed by atoms with Gasteiger partial charge in [0.2, 0.25) is 0 Å². The highest BCUT2D eigenvalue weighted by molar-refractivity contribution is 7.15. The van der Waals surface area contributed by atoms with E-state index in [4.69, 9.17) is 0 Å². The van der Waals surface area contributed by atoms with Gasteiger partial charge in [0.1, 0.15) is 0 Å². The van der Waals surface area contributed by atoms with E-state index in [1.165, 1.54) is 23.5 Å². The third-order valence-corrected chi connectivity index (χ3v) is 5.35. The monoisotopic (exact) mass is 377 g/mol. The zero-order valence-corrected chi connectivity index (χ0v) is 14.9. The smallest absolute Gasteiger partial charge is 0.391 e. The van der Waals surface area contributed by atoms with E-state index in [1.54, 1.807) is 0 Å². The van der Waals surface area contributed by atoms with Crippen LogP contribution in [0.1, 0.15) is 16.0 Å². The lowest BCUT2D eigenvalue weighted by atomic mass is 10.1. The van der Waals surface area contributed by atoms with Gasteiger partial charge < -0.3 is 10.0 Å². The summed E-state index contributed by atoms with van der Waals surface area (Å²) in [4.78, 5) is 3.74. The van der Waals surface area contributed by atoms with Crippen molar-refractivity contribution in [2.24, 2.45) is 0 Å². The maximum absolute atomic E-state index is 12.7. The number of thiophene rings is 1. The van der Waals surface area contributed by atoms with Gasteiger partial charge in [0.05, 0.1) is 12.2 Å². The zero-order valence-electron chi connectivity index (χ0n) is 14.1. The Hall–Kier alpha value is -2.31. The molecule has 0 amide bonds. The standard InChI is InChI=1S/C20H18F3NOS/c1-24(17-5-3-2-4-6-17)12-15-11-18(26-19(15)13-25)14-7-9-16(10-8-14)20(21,22)23/h2-11,25H,12-13H2,1H3. The first-order valence-corrected chi connectivity index (χ1v) is 8.86. The summed E-state index contributed by atoms with van der Waals surface area (Å²) < 4.78 is 38.1. The van der Waals surface area contributed by atoms with Crippen LogP contribution in [0.2, 0.25) is 0 Å². The van der Waals surface area contributed by atoms with Gasteiger partial charge in [0, 0.05) is 29.0 Å². The average molecular weight is 377 g/mol. The number of hydrogen-bond acceptors (Lipinski definition) is 3. The molecule has 2 aromatic carbocycles. The van der Waals surface area contributed by atoms with Crippen LogP contribution in [0, 0.1) is 0 Å². The Morgan fingerprint density at radius 1 is 1.00 bits per heavy atom. The molecule has 0 radical (unpaired) electrons. The number of nitrogens with zero attached hydrogens (tertiary/aromatic N) is 1. The highest BCUT2D eigenvalue weighted by Crippen LogP contribution is 2.35. The summed E-state index contributed by atoms with van der Waals surface area (Å²) >= 11 is 1.41. The first-order chi connectivity index (χ1) is 12.4. The molecule has 0 bridgehead atoms. The van der Waals surface area contributed by atoms with Crippen molar-refractivity contribution in [3.63, 3.8) is 0 Å².